The van der Waals surface area contributed by atoms with Gasteiger partial charge in [-0.3, -0.25) is 24.3 Å². The third-order valence-corrected chi connectivity index (χ3v) is 8.84. The summed E-state index contributed by atoms with van der Waals surface area (Å²) in [5, 5.41) is 10.7. The summed E-state index contributed by atoms with van der Waals surface area (Å²) >= 11 is 0. The van der Waals surface area contributed by atoms with Gasteiger partial charge < -0.3 is 19.0 Å². The highest BCUT2D eigenvalue weighted by Gasteiger charge is 2.34. The van der Waals surface area contributed by atoms with E-state index in [-0.39, 0.29) is 16.7 Å². The molecule has 40 heavy (non-hydrogen) atoms. The van der Waals surface area contributed by atoms with Crippen LogP contribution in [0.2, 0.25) is 0 Å². The first-order valence-electron chi connectivity index (χ1n) is 14.4. The molecule has 9 nitrogen and oxygen atoms in total. The molecule has 2 aromatic heterocycles. The van der Waals surface area contributed by atoms with Crippen molar-refractivity contribution in [3.63, 3.8) is 0 Å². The van der Waals surface area contributed by atoms with Crippen LogP contribution in [0.15, 0.2) is 64.2 Å². The molecule has 0 amide bonds. The van der Waals surface area contributed by atoms with Gasteiger partial charge in [-0.1, -0.05) is 24.3 Å². The number of benzene rings is 1. The maximum atomic E-state index is 12.8. The van der Waals surface area contributed by atoms with Crippen LogP contribution in [0.25, 0.3) is 0 Å². The van der Waals surface area contributed by atoms with Crippen molar-refractivity contribution in [2.75, 3.05) is 52.4 Å². The second-order valence-corrected chi connectivity index (χ2v) is 11.5. The number of pyridine rings is 2. The lowest BCUT2D eigenvalue weighted by molar-refractivity contribution is 0.107. The van der Waals surface area contributed by atoms with E-state index in [9.17, 15) is 14.7 Å². The van der Waals surface area contributed by atoms with Gasteiger partial charge in [0.2, 0.25) is 5.43 Å². The normalized spacial score (nSPS) is 21.7. The minimum absolute atomic E-state index is 0.0903. The first kappa shape index (κ1) is 26.8. The average Bonchev–Trinajstić information content (AvgIpc) is 2.96. The van der Waals surface area contributed by atoms with Crippen LogP contribution in [0.5, 0.6) is 11.5 Å². The van der Waals surface area contributed by atoms with Gasteiger partial charge in [-0.05, 0) is 30.5 Å². The molecule has 6 rings (SSSR count). The summed E-state index contributed by atoms with van der Waals surface area (Å²) in [4.78, 5) is 32.3. The molecule has 2 bridgehead atoms. The summed E-state index contributed by atoms with van der Waals surface area (Å²) in [7, 11) is 1.96. The quantitative estimate of drug-likeness (QED) is 0.464. The molecule has 1 aromatic carbocycles. The Morgan fingerprint density at radius 3 is 2.45 bits per heavy atom. The van der Waals surface area contributed by atoms with E-state index in [0.717, 1.165) is 75.9 Å². The van der Waals surface area contributed by atoms with E-state index in [4.69, 9.17) is 4.74 Å². The number of para-hydroxylation sites is 1. The lowest BCUT2D eigenvalue weighted by Gasteiger charge is -2.43. The molecule has 0 spiro atoms. The van der Waals surface area contributed by atoms with Crippen molar-refractivity contribution in [3.8, 4) is 11.5 Å². The molecule has 212 valence electrons. The first-order chi connectivity index (χ1) is 19.4. The molecule has 9 heteroatoms. The summed E-state index contributed by atoms with van der Waals surface area (Å²) in [6, 6.07) is 17.1. The van der Waals surface area contributed by atoms with E-state index in [1.54, 1.807) is 12.1 Å². The number of aromatic nitrogens is 2. The number of rotatable bonds is 8. The standard InChI is InChI=1S/C31H39N5O4/c1-32-25(21-35-18-23-16-24(20-35)27-8-5-9-30(38)36(27)19-23)17-29(37)31(39)28(32)22-34-12-10-33(11-13-34)14-15-40-26-6-3-2-4-7-26/h2-9,17,23-24,39H,10-16,18-22H2,1H3/t23-,24?/m1/s1. The molecule has 3 aromatic rings. The SMILES string of the molecule is Cn1c(CN2CC3C[C@H](C2)Cn2c3cccc2=O)cc(=O)c(O)c1CN1CCN(CCOc2ccccc2)CC1. The number of hydrogen-bond acceptors (Lipinski definition) is 7. The molecule has 1 unspecified atom stereocenters. The fourth-order valence-electron chi connectivity index (χ4n) is 6.67. The topological polar surface area (TPSA) is 83.2 Å². The Morgan fingerprint density at radius 1 is 0.875 bits per heavy atom. The highest BCUT2D eigenvalue weighted by Crippen LogP contribution is 2.35. The zero-order valence-electron chi connectivity index (χ0n) is 23.2. The van der Waals surface area contributed by atoms with Crippen molar-refractivity contribution in [1.29, 1.82) is 0 Å². The lowest BCUT2D eigenvalue weighted by atomic mass is 9.83. The van der Waals surface area contributed by atoms with Crippen LogP contribution in [0.1, 0.15) is 29.4 Å². The average molecular weight is 546 g/mol. The second-order valence-electron chi connectivity index (χ2n) is 11.5. The van der Waals surface area contributed by atoms with E-state index in [1.165, 1.54) is 0 Å². The number of fused-ring (bicyclic) bond motifs is 4. The third kappa shape index (κ3) is 5.73. The van der Waals surface area contributed by atoms with E-state index in [0.29, 0.717) is 37.2 Å². The molecule has 0 radical (unpaired) electrons. The van der Waals surface area contributed by atoms with Gasteiger partial charge in [-0.2, -0.15) is 0 Å². The summed E-state index contributed by atoms with van der Waals surface area (Å²) in [6.07, 6.45) is 1.10. The molecule has 0 aliphatic carbocycles. The van der Waals surface area contributed by atoms with Gasteiger partial charge in [0.1, 0.15) is 12.4 Å². The summed E-state index contributed by atoms with van der Waals surface area (Å²) in [5.74, 6) is 1.50. The molecule has 2 atom stereocenters. The number of aromatic hydroxyl groups is 1. The summed E-state index contributed by atoms with van der Waals surface area (Å²) in [5.41, 5.74) is 2.50. The molecule has 0 saturated carbocycles. The van der Waals surface area contributed by atoms with Gasteiger partial charge in [0.15, 0.2) is 5.75 Å². The Bertz CT molecular complexity index is 1440. The number of ether oxygens (including phenoxy) is 1. The molecule has 5 heterocycles. The van der Waals surface area contributed by atoms with Crippen LogP contribution in [-0.4, -0.2) is 81.4 Å². The van der Waals surface area contributed by atoms with E-state index >= 15 is 0 Å². The van der Waals surface area contributed by atoms with Crippen molar-refractivity contribution >= 4 is 0 Å². The molecular weight excluding hydrogens is 506 g/mol. The zero-order chi connectivity index (χ0) is 27.6. The lowest BCUT2D eigenvalue weighted by Crippen LogP contribution is -2.47. The summed E-state index contributed by atoms with van der Waals surface area (Å²) in [6.45, 7) is 8.83. The smallest absolute Gasteiger partial charge is 0.250 e. The van der Waals surface area contributed by atoms with Gasteiger partial charge in [-0.15, -0.1) is 0 Å². The molecule has 3 aliphatic heterocycles. The van der Waals surface area contributed by atoms with Crippen LogP contribution < -0.4 is 15.7 Å². The monoisotopic (exact) mass is 545 g/mol. The second kappa shape index (κ2) is 11.6. The van der Waals surface area contributed by atoms with Crippen molar-refractivity contribution in [1.82, 2.24) is 23.8 Å². The molecule has 3 aliphatic rings. The predicted molar refractivity (Wildman–Crippen MR) is 154 cm³/mol. The number of nitrogens with zero attached hydrogens (tertiary/aromatic N) is 5. The third-order valence-electron chi connectivity index (χ3n) is 8.84. The van der Waals surface area contributed by atoms with Crippen LogP contribution in [0, 0.1) is 5.92 Å². The number of piperidine rings is 1. The van der Waals surface area contributed by atoms with Crippen molar-refractivity contribution in [2.45, 2.75) is 32.0 Å². The number of piperazine rings is 1. The van der Waals surface area contributed by atoms with Crippen molar-refractivity contribution < 1.29 is 9.84 Å². The maximum Gasteiger partial charge on any atom is 0.250 e. The Kier molecular flexibility index (Phi) is 7.78. The van der Waals surface area contributed by atoms with Crippen LogP contribution in [0.4, 0.5) is 0 Å². The fraction of sp³-hybridized carbons (Fsp3) is 0.484. The van der Waals surface area contributed by atoms with E-state index < -0.39 is 0 Å². The Hall–Kier alpha value is -3.40. The van der Waals surface area contributed by atoms with Crippen LogP contribution in [0.3, 0.4) is 0 Å². The Labute approximate surface area is 234 Å². The van der Waals surface area contributed by atoms with Gasteiger partial charge in [-0.25, -0.2) is 0 Å². The molecule has 2 fully saturated rings. The molecular formula is C31H39N5O4. The zero-order valence-corrected chi connectivity index (χ0v) is 23.2. The largest absolute Gasteiger partial charge is 0.503 e. The number of hydrogen-bond donors (Lipinski definition) is 1. The van der Waals surface area contributed by atoms with Gasteiger partial charge in [0.05, 0.1) is 5.69 Å². The van der Waals surface area contributed by atoms with Gasteiger partial charge in [0.25, 0.3) is 5.56 Å². The first-order valence-corrected chi connectivity index (χ1v) is 14.4. The minimum Gasteiger partial charge on any atom is -0.503 e. The highest BCUT2D eigenvalue weighted by molar-refractivity contribution is 5.30. The van der Waals surface area contributed by atoms with Gasteiger partial charge in [0, 0.05) is 102 Å². The van der Waals surface area contributed by atoms with Crippen LogP contribution >= 0.6 is 0 Å². The minimum atomic E-state index is -0.311. The Morgan fingerprint density at radius 2 is 1.65 bits per heavy atom. The van der Waals surface area contributed by atoms with E-state index in [2.05, 4.69) is 20.8 Å². The van der Waals surface area contributed by atoms with Crippen molar-refractivity contribution in [3.05, 3.63) is 92.3 Å². The van der Waals surface area contributed by atoms with Crippen molar-refractivity contribution in [2.24, 2.45) is 13.0 Å². The van der Waals surface area contributed by atoms with E-state index in [1.807, 2.05) is 52.6 Å². The van der Waals surface area contributed by atoms with Crippen LogP contribution in [-0.2, 0) is 26.7 Å². The fourth-order valence-corrected chi connectivity index (χ4v) is 6.67. The number of likely N-dealkylation sites (tertiary alicyclic amines) is 1. The Balaban J connectivity index is 1.07. The summed E-state index contributed by atoms with van der Waals surface area (Å²) < 4.78 is 9.81. The van der Waals surface area contributed by atoms with Gasteiger partial charge >= 0.3 is 0 Å². The highest BCUT2D eigenvalue weighted by atomic mass is 16.5. The maximum absolute atomic E-state index is 12.8. The molecule has 2 saturated heterocycles. The predicted octanol–water partition coefficient (Wildman–Crippen LogP) is 2.07. The molecule has 1 N–H and O–H groups in total.